The van der Waals surface area contributed by atoms with Crippen molar-refractivity contribution in [3.8, 4) is 0 Å². The van der Waals surface area contributed by atoms with Gasteiger partial charge in [0, 0.05) is 19.8 Å². The van der Waals surface area contributed by atoms with Gasteiger partial charge in [-0.05, 0) is 71.1 Å². The number of hydrogen-bond donors (Lipinski definition) is 2. The van der Waals surface area contributed by atoms with Crippen LogP contribution in [0.25, 0.3) is 0 Å². The molecule has 276 valence electrons. The van der Waals surface area contributed by atoms with E-state index in [1.54, 1.807) is 0 Å². The molecule has 5 heteroatoms. The average molecular weight is 679 g/mol. The van der Waals surface area contributed by atoms with E-state index >= 15 is 0 Å². The number of nitrogens with one attached hydrogen (secondary N) is 2. The van der Waals surface area contributed by atoms with Crippen LogP contribution >= 0.6 is 0 Å². The molecule has 0 aliphatic carbocycles. The number of nitrogens with zero attached hydrogens (tertiary/aromatic N) is 1. The maximum atomic E-state index is 12.8. The molecule has 4 nitrogen and oxygen atoms in total. The molecule has 0 saturated carbocycles. The van der Waals surface area contributed by atoms with Crippen LogP contribution in [0.2, 0.25) is 0 Å². The number of rotatable bonds is 33. The topological polar surface area (TPSA) is 44.1 Å². The zero-order valence-corrected chi connectivity index (χ0v) is 32.7. The number of allylic oxidation sites excluding steroid dienone is 4. The van der Waals surface area contributed by atoms with E-state index in [2.05, 4.69) is 67.2 Å². The molecule has 0 radical (unpaired) electrons. The summed E-state index contributed by atoms with van der Waals surface area (Å²) < 4.78 is 2.41. The fourth-order valence-electron chi connectivity index (χ4n) is 6.90. The molecule has 1 heterocycles. The van der Waals surface area contributed by atoms with Gasteiger partial charge >= 0.3 is 0 Å². The van der Waals surface area contributed by atoms with Gasteiger partial charge in [-0.2, -0.15) is 0 Å². The van der Waals surface area contributed by atoms with E-state index < -0.39 is 0 Å². The quantitative estimate of drug-likeness (QED) is 0.0413. The van der Waals surface area contributed by atoms with E-state index in [-0.39, 0.29) is 24.0 Å². The second kappa shape index (κ2) is 33.2. The number of carbonyl (C=O) groups is 1. The average Bonchev–Trinajstić information content (AvgIpc) is 3.36. The summed E-state index contributed by atoms with van der Waals surface area (Å²) in [6, 6.07) is 0. The van der Waals surface area contributed by atoms with Crippen molar-refractivity contribution in [2.24, 2.45) is 0 Å². The van der Waals surface area contributed by atoms with Crippen molar-refractivity contribution in [3.05, 3.63) is 24.3 Å². The predicted octanol–water partition coefficient (Wildman–Crippen LogP) is 9.32. The summed E-state index contributed by atoms with van der Waals surface area (Å²) in [5.41, 5.74) is -0.300. The minimum atomic E-state index is -0.300. The number of hydrogen-bond acceptors (Lipinski definition) is 2. The molecule has 47 heavy (non-hydrogen) atoms. The van der Waals surface area contributed by atoms with E-state index in [1.165, 1.54) is 166 Å². The third-order valence-corrected chi connectivity index (χ3v) is 9.87. The minimum absolute atomic E-state index is 0. The van der Waals surface area contributed by atoms with Crippen molar-refractivity contribution in [3.63, 3.8) is 0 Å². The highest BCUT2D eigenvalue weighted by atomic mass is 35.5. The second-order valence-electron chi connectivity index (χ2n) is 14.4. The highest BCUT2D eigenvalue weighted by Crippen LogP contribution is 2.17. The van der Waals surface area contributed by atoms with Gasteiger partial charge in [0.15, 0.2) is 0 Å². The highest BCUT2D eigenvalue weighted by molar-refractivity contribution is 5.80. The maximum absolute atomic E-state index is 12.8. The minimum Gasteiger partial charge on any atom is -1.00 e. The van der Waals surface area contributed by atoms with Crippen LogP contribution in [0.4, 0.5) is 0 Å². The van der Waals surface area contributed by atoms with Crippen molar-refractivity contribution < 1.29 is 21.8 Å². The molecule has 0 bridgehead atoms. The number of amidine groups is 1. The lowest BCUT2D eigenvalue weighted by Crippen LogP contribution is -3.00. The van der Waals surface area contributed by atoms with Crippen molar-refractivity contribution in [2.45, 2.75) is 220 Å². The molecule has 1 unspecified atom stereocenters. The standard InChI is InChI=1S/C42H79N3O.ClH/c1-5-8-10-12-14-16-18-20-22-24-25-27-29-31-33-35-37-40-43-39-42(4,45(40)7-3)44-41(46)38-36-34-32-30-28-26-23-21-19-17-15-13-11-9-6-2;/h20-23H,5-19,24-39H2,1-4H3,(H,44,46);1H/b22-20-,23-21-;. The number of carbonyl (C=O) groups excluding carboxylic acids is 1. The smallest absolute Gasteiger partial charge is 0.246 e. The summed E-state index contributed by atoms with van der Waals surface area (Å²) in [4.78, 5) is 12.8. The molecule has 0 aromatic heterocycles. The molecule has 1 atom stereocenters. The van der Waals surface area contributed by atoms with Crippen molar-refractivity contribution >= 4 is 11.7 Å². The van der Waals surface area contributed by atoms with Crippen molar-refractivity contribution in [2.75, 3.05) is 13.1 Å². The van der Waals surface area contributed by atoms with Crippen molar-refractivity contribution in [1.29, 1.82) is 0 Å². The Morgan fingerprint density at radius 1 is 0.617 bits per heavy atom. The molecular formula is C42H80ClN3O. The monoisotopic (exact) mass is 678 g/mol. The maximum Gasteiger partial charge on any atom is 0.246 e. The van der Waals surface area contributed by atoms with Gasteiger partial charge in [-0.3, -0.25) is 10.1 Å². The number of likely N-dealkylation sites (N-methyl/N-ethyl adjacent to an activating group) is 1. The Morgan fingerprint density at radius 3 is 1.43 bits per heavy atom. The van der Waals surface area contributed by atoms with E-state index in [1.807, 2.05) is 0 Å². The summed E-state index contributed by atoms with van der Waals surface area (Å²) in [6.45, 7) is 10.7. The zero-order chi connectivity index (χ0) is 33.4. The van der Waals surface area contributed by atoms with Crippen LogP contribution in [0.15, 0.2) is 24.3 Å². The van der Waals surface area contributed by atoms with Crippen LogP contribution in [-0.2, 0) is 4.79 Å². The first-order valence-electron chi connectivity index (χ1n) is 20.6. The fourth-order valence-corrected chi connectivity index (χ4v) is 6.90. The van der Waals surface area contributed by atoms with Crippen LogP contribution in [0.5, 0.6) is 0 Å². The summed E-state index contributed by atoms with van der Waals surface area (Å²) in [6.07, 6.45) is 46.9. The Hall–Kier alpha value is -1.29. The van der Waals surface area contributed by atoms with Gasteiger partial charge in [0.1, 0.15) is 6.54 Å². The predicted molar refractivity (Wildman–Crippen MR) is 204 cm³/mol. The first-order valence-corrected chi connectivity index (χ1v) is 20.6. The van der Waals surface area contributed by atoms with E-state index in [4.69, 9.17) is 0 Å². The van der Waals surface area contributed by atoms with Gasteiger partial charge in [-0.25, -0.2) is 4.58 Å². The number of unbranched alkanes of at least 4 members (excludes halogenated alkanes) is 23. The first kappa shape index (κ1) is 45.7. The molecule has 1 aliphatic heterocycles. The molecule has 0 spiro atoms. The second-order valence-corrected chi connectivity index (χ2v) is 14.4. The van der Waals surface area contributed by atoms with Gasteiger partial charge in [-0.1, -0.05) is 147 Å². The lowest BCUT2D eigenvalue weighted by atomic mass is 10.1. The Bertz CT molecular complexity index is 808. The van der Waals surface area contributed by atoms with Gasteiger partial charge in [0.2, 0.25) is 17.4 Å². The fraction of sp³-hybridized carbons (Fsp3) is 0.857. The normalized spacial score (nSPS) is 16.3. The summed E-state index contributed by atoms with van der Waals surface area (Å²) in [5, 5.41) is 7.02. The molecule has 1 amide bonds. The van der Waals surface area contributed by atoms with Crippen LogP contribution in [0.3, 0.4) is 0 Å². The van der Waals surface area contributed by atoms with Crippen LogP contribution in [0, 0.1) is 0 Å². The SMILES string of the molecule is CCCCCCCC/C=C\CCCCCCCCC1=[N+](CC)C(C)(NC(=O)CCCCCCC/C=C\CCCCCCCC)CN1.[Cl-]. The summed E-state index contributed by atoms with van der Waals surface area (Å²) in [7, 11) is 0. The lowest BCUT2D eigenvalue weighted by Gasteiger charge is -2.25. The Labute approximate surface area is 300 Å². The Kier molecular flexibility index (Phi) is 32.3. The van der Waals surface area contributed by atoms with Gasteiger partial charge in [0.25, 0.3) is 0 Å². The summed E-state index contributed by atoms with van der Waals surface area (Å²) >= 11 is 0. The molecule has 0 aromatic carbocycles. The molecule has 1 aliphatic rings. The molecule has 1 rings (SSSR count). The van der Waals surface area contributed by atoms with E-state index in [9.17, 15) is 4.79 Å². The van der Waals surface area contributed by atoms with E-state index in [0.717, 1.165) is 32.4 Å². The molecule has 0 fully saturated rings. The number of halogens is 1. The third-order valence-electron chi connectivity index (χ3n) is 9.87. The number of amides is 1. The molecule has 0 saturated heterocycles. The summed E-state index contributed by atoms with van der Waals surface area (Å²) in [5.74, 6) is 1.53. The van der Waals surface area contributed by atoms with E-state index in [0.29, 0.717) is 6.42 Å². The largest absolute Gasteiger partial charge is 1.00 e. The zero-order valence-electron chi connectivity index (χ0n) is 32.0. The molecule has 2 N–H and O–H groups in total. The van der Waals surface area contributed by atoms with Crippen LogP contribution < -0.4 is 23.0 Å². The van der Waals surface area contributed by atoms with Crippen LogP contribution in [0.1, 0.15) is 214 Å². The lowest BCUT2D eigenvalue weighted by molar-refractivity contribution is -0.596. The van der Waals surface area contributed by atoms with Crippen LogP contribution in [-0.4, -0.2) is 35.1 Å². The Balaban J connectivity index is 0.0000212. The highest BCUT2D eigenvalue weighted by Gasteiger charge is 2.42. The first-order chi connectivity index (χ1) is 22.6. The Morgan fingerprint density at radius 2 is 1.00 bits per heavy atom. The van der Waals surface area contributed by atoms with Crippen molar-refractivity contribution in [1.82, 2.24) is 10.6 Å². The van der Waals surface area contributed by atoms with Gasteiger partial charge in [-0.15, -0.1) is 0 Å². The van der Waals surface area contributed by atoms with Gasteiger partial charge < -0.3 is 17.7 Å². The molecular weight excluding hydrogens is 598 g/mol. The molecule has 0 aromatic rings. The third kappa shape index (κ3) is 25.4. The van der Waals surface area contributed by atoms with Gasteiger partial charge in [0.05, 0.1) is 6.54 Å².